The van der Waals surface area contributed by atoms with Crippen LogP contribution < -0.4 is 11.1 Å². The zero-order valence-electron chi connectivity index (χ0n) is 10.5. The van der Waals surface area contributed by atoms with Crippen LogP contribution in [-0.2, 0) is 9.53 Å². The third-order valence-corrected chi connectivity index (χ3v) is 2.19. The second kappa shape index (κ2) is 9.87. The standard InChI is InChI=1S/C6H14N2.C5H10O2.ClH/c7-5-6-1-3-8-4-2-6;1-5(2,3)7-4-6;/h6,8H,1-5,7H2;4H,1-3H3;1H. The van der Waals surface area contributed by atoms with E-state index in [1.807, 2.05) is 20.8 Å². The van der Waals surface area contributed by atoms with Crippen LogP contribution in [0, 0.1) is 5.92 Å². The molecule has 1 saturated heterocycles. The van der Waals surface area contributed by atoms with E-state index in [-0.39, 0.29) is 18.0 Å². The van der Waals surface area contributed by atoms with Crippen LogP contribution in [0.5, 0.6) is 0 Å². The Balaban J connectivity index is 0. The molecule has 1 heterocycles. The third-order valence-electron chi connectivity index (χ3n) is 2.19. The molecule has 0 aliphatic carbocycles. The van der Waals surface area contributed by atoms with Crippen molar-refractivity contribution in [1.29, 1.82) is 0 Å². The van der Waals surface area contributed by atoms with Crippen LogP contribution in [0.3, 0.4) is 0 Å². The van der Waals surface area contributed by atoms with Crippen molar-refractivity contribution in [3.8, 4) is 0 Å². The summed E-state index contributed by atoms with van der Waals surface area (Å²) in [5.74, 6) is 0.802. The van der Waals surface area contributed by atoms with Gasteiger partial charge in [0, 0.05) is 0 Å². The highest BCUT2D eigenvalue weighted by atomic mass is 35.5. The highest BCUT2D eigenvalue weighted by molar-refractivity contribution is 5.85. The summed E-state index contributed by atoms with van der Waals surface area (Å²) in [4.78, 5) is 9.60. The van der Waals surface area contributed by atoms with Crippen LogP contribution in [0.1, 0.15) is 33.6 Å². The van der Waals surface area contributed by atoms with Gasteiger partial charge in [0.1, 0.15) is 5.60 Å². The zero-order chi connectivity index (χ0) is 11.7. The van der Waals surface area contributed by atoms with Crippen molar-refractivity contribution < 1.29 is 9.53 Å². The van der Waals surface area contributed by atoms with Gasteiger partial charge in [-0.15, -0.1) is 12.4 Å². The molecule has 0 aromatic carbocycles. The van der Waals surface area contributed by atoms with Gasteiger partial charge in [-0.05, 0) is 59.2 Å². The van der Waals surface area contributed by atoms with Crippen molar-refractivity contribution in [2.24, 2.45) is 11.7 Å². The molecular formula is C11H25ClN2O2. The first-order valence-electron chi connectivity index (χ1n) is 5.52. The number of rotatable bonds is 2. The molecule has 16 heavy (non-hydrogen) atoms. The SMILES string of the molecule is CC(C)(C)OC=O.Cl.NCC1CCNCC1. The highest BCUT2D eigenvalue weighted by Gasteiger charge is 2.09. The Bertz CT molecular complexity index is 166. The molecule has 0 aromatic rings. The van der Waals surface area contributed by atoms with Gasteiger partial charge in [0.05, 0.1) is 0 Å². The van der Waals surface area contributed by atoms with Crippen LogP contribution in [0.25, 0.3) is 0 Å². The Morgan fingerprint density at radius 2 is 1.88 bits per heavy atom. The minimum atomic E-state index is -0.318. The van der Waals surface area contributed by atoms with Gasteiger partial charge < -0.3 is 15.8 Å². The fraction of sp³-hybridized carbons (Fsp3) is 0.909. The molecule has 3 N–H and O–H groups in total. The van der Waals surface area contributed by atoms with E-state index in [1.54, 1.807) is 0 Å². The van der Waals surface area contributed by atoms with Gasteiger partial charge in [0.15, 0.2) is 0 Å². The number of nitrogens with one attached hydrogen (secondary N) is 1. The van der Waals surface area contributed by atoms with Crippen molar-refractivity contribution in [3.63, 3.8) is 0 Å². The molecule has 0 aromatic heterocycles. The molecule has 0 bridgehead atoms. The fourth-order valence-corrected chi connectivity index (χ4v) is 1.26. The number of halogens is 1. The monoisotopic (exact) mass is 252 g/mol. The summed E-state index contributed by atoms with van der Waals surface area (Å²) in [6.45, 7) is 9.13. The van der Waals surface area contributed by atoms with Gasteiger partial charge in [0.25, 0.3) is 6.47 Å². The highest BCUT2D eigenvalue weighted by Crippen LogP contribution is 2.08. The molecule has 0 radical (unpaired) electrons. The maximum atomic E-state index is 9.60. The van der Waals surface area contributed by atoms with E-state index in [9.17, 15) is 4.79 Å². The minimum absolute atomic E-state index is 0. The first-order valence-corrected chi connectivity index (χ1v) is 5.52. The van der Waals surface area contributed by atoms with E-state index in [1.165, 1.54) is 25.9 Å². The summed E-state index contributed by atoms with van der Waals surface area (Å²) in [5.41, 5.74) is 5.16. The molecule has 5 heteroatoms. The van der Waals surface area contributed by atoms with Gasteiger partial charge in [-0.1, -0.05) is 0 Å². The van der Waals surface area contributed by atoms with E-state index >= 15 is 0 Å². The average molecular weight is 253 g/mol. The lowest BCUT2D eigenvalue weighted by atomic mass is 9.99. The van der Waals surface area contributed by atoms with Gasteiger partial charge in [0.2, 0.25) is 0 Å². The van der Waals surface area contributed by atoms with Crippen molar-refractivity contribution >= 4 is 18.9 Å². The second-order valence-corrected chi connectivity index (χ2v) is 4.76. The van der Waals surface area contributed by atoms with Crippen molar-refractivity contribution in [1.82, 2.24) is 5.32 Å². The summed E-state index contributed by atoms with van der Waals surface area (Å²) in [6, 6.07) is 0. The van der Waals surface area contributed by atoms with Crippen LogP contribution >= 0.6 is 12.4 Å². The minimum Gasteiger partial charge on any atom is -0.462 e. The predicted molar refractivity (Wildman–Crippen MR) is 68.8 cm³/mol. The Hall–Kier alpha value is -0.320. The number of carbonyl (C=O) groups is 1. The molecule has 0 saturated carbocycles. The fourth-order valence-electron chi connectivity index (χ4n) is 1.26. The molecule has 98 valence electrons. The van der Waals surface area contributed by atoms with E-state index in [0.29, 0.717) is 6.47 Å². The van der Waals surface area contributed by atoms with Gasteiger partial charge >= 0.3 is 0 Å². The summed E-state index contributed by atoms with van der Waals surface area (Å²) in [7, 11) is 0. The molecule has 1 aliphatic heterocycles. The summed E-state index contributed by atoms with van der Waals surface area (Å²) >= 11 is 0. The maximum absolute atomic E-state index is 9.60. The summed E-state index contributed by atoms with van der Waals surface area (Å²) in [5, 5.41) is 3.29. The van der Waals surface area contributed by atoms with Crippen LogP contribution in [0.15, 0.2) is 0 Å². The summed E-state index contributed by atoms with van der Waals surface area (Å²) < 4.78 is 4.55. The largest absolute Gasteiger partial charge is 0.462 e. The normalized spacial score (nSPS) is 16.5. The Morgan fingerprint density at radius 3 is 2.06 bits per heavy atom. The Kier molecular flexibility index (Phi) is 11.1. The van der Waals surface area contributed by atoms with Gasteiger partial charge in [-0.25, -0.2) is 0 Å². The molecule has 0 spiro atoms. The predicted octanol–water partition coefficient (Wildman–Crippen LogP) is 1.32. The molecule has 1 fully saturated rings. The van der Waals surface area contributed by atoms with E-state index < -0.39 is 0 Å². The van der Waals surface area contributed by atoms with Crippen molar-refractivity contribution in [2.75, 3.05) is 19.6 Å². The van der Waals surface area contributed by atoms with Crippen LogP contribution in [0.4, 0.5) is 0 Å². The maximum Gasteiger partial charge on any atom is 0.293 e. The summed E-state index contributed by atoms with van der Waals surface area (Å²) in [6.07, 6.45) is 2.55. The molecule has 0 atom stereocenters. The molecule has 1 aliphatic rings. The molecule has 0 amide bonds. The quantitative estimate of drug-likeness (QED) is 0.728. The number of piperidine rings is 1. The molecule has 0 unspecified atom stereocenters. The van der Waals surface area contributed by atoms with Crippen LogP contribution in [0.2, 0.25) is 0 Å². The lowest BCUT2D eigenvalue weighted by Crippen LogP contribution is -2.31. The topological polar surface area (TPSA) is 64.3 Å². The zero-order valence-corrected chi connectivity index (χ0v) is 11.3. The lowest BCUT2D eigenvalue weighted by Gasteiger charge is -2.20. The van der Waals surface area contributed by atoms with Crippen molar-refractivity contribution in [3.05, 3.63) is 0 Å². The second-order valence-electron chi connectivity index (χ2n) is 4.76. The van der Waals surface area contributed by atoms with Crippen molar-refractivity contribution in [2.45, 2.75) is 39.2 Å². The first kappa shape index (κ1) is 18.1. The lowest BCUT2D eigenvalue weighted by molar-refractivity contribution is -0.138. The van der Waals surface area contributed by atoms with E-state index in [4.69, 9.17) is 5.73 Å². The number of ether oxygens (including phenoxy) is 1. The van der Waals surface area contributed by atoms with Gasteiger partial charge in [-0.2, -0.15) is 0 Å². The molecular weight excluding hydrogens is 228 g/mol. The number of carbonyl (C=O) groups excluding carboxylic acids is 1. The smallest absolute Gasteiger partial charge is 0.293 e. The number of hydrogen-bond donors (Lipinski definition) is 2. The van der Waals surface area contributed by atoms with E-state index in [0.717, 1.165) is 12.5 Å². The van der Waals surface area contributed by atoms with E-state index in [2.05, 4.69) is 10.1 Å². The third kappa shape index (κ3) is 11.8. The number of nitrogens with two attached hydrogens (primary N) is 1. The molecule has 4 nitrogen and oxygen atoms in total. The first-order chi connectivity index (χ1) is 6.99. The van der Waals surface area contributed by atoms with Gasteiger partial charge in [-0.3, -0.25) is 4.79 Å². The molecule has 1 rings (SSSR count). The number of hydrogen-bond acceptors (Lipinski definition) is 4. The average Bonchev–Trinajstić information content (AvgIpc) is 2.18. The Morgan fingerprint density at radius 1 is 1.38 bits per heavy atom. The van der Waals surface area contributed by atoms with Crippen LogP contribution in [-0.4, -0.2) is 31.7 Å². The Labute approximate surface area is 105 Å².